The Morgan fingerprint density at radius 3 is 2.47 bits per heavy atom. The largest absolute Gasteiger partial charge is 0.370 e. The maximum absolute atomic E-state index is 12.9. The van der Waals surface area contributed by atoms with Crippen LogP contribution in [-0.2, 0) is 0 Å². The van der Waals surface area contributed by atoms with E-state index in [1.807, 2.05) is 20.8 Å². The first kappa shape index (κ1) is 13.8. The van der Waals surface area contributed by atoms with Crippen LogP contribution in [0.25, 0.3) is 0 Å². The van der Waals surface area contributed by atoms with Crippen LogP contribution in [0.4, 0.5) is 10.2 Å². The Hall–Kier alpha value is -1.62. The molecule has 1 N–H and O–H groups in total. The standard InChI is InChI=1S/C14H16FN3S/c1-4-16-13-9(2)14(18-10(3)17-13)19-12-7-5-11(15)6-8-12/h5-8H,4H2,1-3H3,(H,16,17,18). The first-order valence-corrected chi connectivity index (χ1v) is 6.94. The number of hydrogen-bond donors (Lipinski definition) is 1. The first-order chi connectivity index (χ1) is 9.10. The third-order valence-corrected chi connectivity index (χ3v) is 3.68. The van der Waals surface area contributed by atoms with Gasteiger partial charge in [-0.1, -0.05) is 11.8 Å². The molecule has 0 aliphatic rings. The average molecular weight is 277 g/mol. The number of hydrogen-bond acceptors (Lipinski definition) is 4. The molecule has 0 saturated carbocycles. The molecule has 1 heterocycles. The molecule has 2 rings (SSSR count). The van der Waals surface area contributed by atoms with Crippen molar-refractivity contribution in [2.24, 2.45) is 0 Å². The van der Waals surface area contributed by atoms with Crippen LogP contribution in [0.2, 0.25) is 0 Å². The summed E-state index contributed by atoms with van der Waals surface area (Å²) in [7, 11) is 0. The molecule has 0 fully saturated rings. The van der Waals surface area contributed by atoms with Crippen molar-refractivity contribution >= 4 is 17.6 Å². The molecule has 0 unspecified atom stereocenters. The second-order valence-corrected chi connectivity index (χ2v) is 5.20. The molecule has 0 amide bonds. The molecule has 5 heteroatoms. The summed E-state index contributed by atoms with van der Waals surface area (Å²) in [5.41, 5.74) is 1.02. The van der Waals surface area contributed by atoms with Crippen LogP contribution in [0.15, 0.2) is 34.2 Å². The SMILES string of the molecule is CCNc1nc(C)nc(Sc2ccc(F)cc2)c1C. The quantitative estimate of drug-likeness (QED) is 0.862. The van der Waals surface area contributed by atoms with E-state index >= 15 is 0 Å². The number of nitrogens with one attached hydrogen (secondary N) is 1. The van der Waals surface area contributed by atoms with E-state index in [1.54, 1.807) is 12.1 Å². The van der Waals surface area contributed by atoms with E-state index in [4.69, 9.17) is 0 Å². The fourth-order valence-corrected chi connectivity index (χ4v) is 2.58. The summed E-state index contributed by atoms with van der Waals surface area (Å²) < 4.78 is 12.9. The molecule has 0 radical (unpaired) electrons. The summed E-state index contributed by atoms with van der Waals surface area (Å²) in [5, 5.41) is 4.13. The van der Waals surface area contributed by atoms with E-state index in [0.717, 1.165) is 33.7 Å². The van der Waals surface area contributed by atoms with Crippen LogP contribution in [0.3, 0.4) is 0 Å². The van der Waals surface area contributed by atoms with E-state index in [2.05, 4.69) is 15.3 Å². The Morgan fingerprint density at radius 2 is 1.84 bits per heavy atom. The van der Waals surface area contributed by atoms with Crippen LogP contribution in [0, 0.1) is 19.7 Å². The topological polar surface area (TPSA) is 37.8 Å². The van der Waals surface area contributed by atoms with Gasteiger partial charge >= 0.3 is 0 Å². The molecular formula is C14H16FN3S. The normalized spacial score (nSPS) is 10.5. The zero-order valence-electron chi connectivity index (χ0n) is 11.2. The molecule has 1 aromatic heterocycles. The monoisotopic (exact) mass is 277 g/mol. The van der Waals surface area contributed by atoms with E-state index in [1.165, 1.54) is 23.9 Å². The Labute approximate surface area is 116 Å². The van der Waals surface area contributed by atoms with Crippen molar-refractivity contribution in [1.82, 2.24) is 9.97 Å². The van der Waals surface area contributed by atoms with Gasteiger partial charge in [-0.25, -0.2) is 14.4 Å². The van der Waals surface area contributed by atoms with Crippen LogP contribution in [0.1, 0.15) is 18.3 Å². The number of anilines is 1. The van der Waals surface area contributed by atoms with E-state index in [-0.39, 0.29) is 5.82 Å². The highest BCUT2D eigenvalue weighted by Gasteiger charge is 2.10. The third-order valence-electron chi connectivity index (χ3n) is 2.59. The number of halogens is 1. The van der Waals surface area contributed by atoms with E-state index < -0.39 is 0 Å². The average Bonchev–Trinajstić information content (AvgIpc) is 2.38. The first-order valence-electron chi connectivity index (χ1n) is 6.12. The van der Waals surface area contributed by atoms with Crippen LogP contribution in [0.5, 0.6) is 0 Å². The summed E-state index contributed by atoms with van der Waals surface area (Å²) in [6.07, 6.45) is 0. The van der Waals surface area contributed by atoms with Gasteiger partial charge in [0.25, 0.3) is 0 Å². The van der Waals surface area contributed by atoms with E-state index in [0.29, 0.717) is 0 Å². The second kappa shape index (κ2) is 6.02. The van der Waals surface area contributed by atoms with Crippen molar-refractivity contribution in [3.8, 4) is 0 Å². The highest BCUT2D eigenvalue weighted by atomic mass is 32.2. The number of aromatic nitrogens is 2. The minimum absolute atomic E-state index is 0.228. The highest BCUT2D eigenvalue weighted by Crippen LogP contribution is 2.31. The minimum atomic E-state index is -0.228. The van der Waals surface area contributed by atoms with E-state index in [9.17, 15) is 4.39 Å². The zero-order valence-corrected chi connectivity index (χ0v) is 12.0. The Morgan fingerprint density at radius 1 is 1.16 bits per heavy atom. The molecule has 1 aromatic carbocycles. The maximum atomic E-state index is 12.9. The summed E-state index contributed by atoms with van der Waals surface area (Å²) in [6.45, 7) is 6.71. The predicted octanol–water partition coefficient (Wildman–Crippen LogP) is 3.82. The van der Waals surface area contributed by atoms with Crippen molar-refractivity contribution in [2.45, 2.75) is 30.7 Å². The lowest BCUT2D eigenvalue weighted by Crippen LogP contribution is -2.05. The number of nitrogens with zero attached hydrogens (tertiary/aromatic N) is 2. The second-order valence-electron chi connectivity index (χ2n) is 4.14. The summed E-state index contributed by atoms with van der Waals surface area (Å²) >= 11 is 1.52. The van der Waals surface area contributed by atoms with Crippen molar-refractivity contribution in [3.63, 3.8) is 0 Å². The lowest BCUT2D eigenvalue weighted by atomic mass is 10.3. The molecule has 0 saturated heterocycles. The highest BCUT2D eigenvalue weighted by molar-refractivity contribution is 7.99. The van der Waals surface area contributed by atoms with Gasteiger partial charge in [0, 0.05) is 17.0 Å². The minimum Gasteiger partial charge on any atom is -0.370 e. The molecular weight excluding hydrogens is 261 g/mol. The number of benzene rings is 1. The summed E-state index contributed by atoms with van der Waals surface area (Å²) in [4.78, 5) is 9.80. The summed E-state index contributed by atoms with van der Waals surface area (Å²) in [5.74, 6) is 1.36. The van der Waals surface area contributed by atoms with Gasteiger partial charge in [0.1, 0.15) is 22.5 Å². The predicted molar refractivity (Wildman–Crippen MR) is 76.2 cm³/mol. The lowest BCUT2D eigenvalue weighted by Gasteiger charge is -2.11. The van der Waals surface area contributed by atoms with Gasteiger partial charge in [-0.15, -0.1) is 0 Å². The van der Waals surface area contributed by atoms with Crippen LogP contribution in [-0.4, -0.2) is 16.5 Å². The molecule has 0 bridgehead atoms. The molecule has 0 aliphatic heterocycles. The zero-order chi connectivity index (χ0) is 13.8. The fourth-order valence-electron chi connectivity index (χ4n) is 1.66. The molecule has 100 valence electrons. The van der Waals surface area contributed by atoms with Crippen molar-refractivity contribution < 1.29 is 4.39 Å². The molecule has 2 aromatic rings. The van der Waals surface area contributed by atoms with Gasteiger partial charge in [-0.3, -0.25) is 0 Å². The molecule has 0 atom stereocenters. The van der Waals surface area contributed by atoms with Gasteiger partial charge in [-0.2, -0.15) is 0 Å². The van der Waals surface area contributed by atoms with Gasteiger partial charge in [0.05, 0.1) is 0 Å². The van der Waals surface area contributed by atoms with Crippen molar-refractivity contribution in [1.29, 1.82) is 0 Å². The van der Waals surface area contributed by atoms with Gasteiger partial charge in [-0.05, 0) is 45.0 Å². The van der Waals surface area contributed by atoms with Crippen LogP contribution < -0.4 is 5.32 Å². The Kier molecular flexibility index (Phi) is 4.37. The summed E-state index contributed by atoms with van der Waals surface area (Å²) in [6, 6.07) is 6.42. The number of rotatable bonds is 4. The maximum Gasteiger partial charge on any atom is 0.133 e. The molecule has 0 spiro atoms. The smallest absolute Gasteiger partial charge is 0.133 e. The fraction of sp³-hybridized carbons (Fsp3) is 0.286. The van der Waals surface area contributed by atoms with Crippen molar-refractivity contribution in [2.75, 3.05) is 11.9 Å². The Balaban J connectivity index is 2.31. The van der Waals surface area contributed by atoms with Gasteiger partial charge in [0.2, 0.25) is 0 Å². The lowest BCUT2D eigenvalue weighted by molar-refractivity contribution is 0.626. The van der Waals surface area contributed by atoms with Gasteiger partial charge < -0.3 is 5.32 Å². The molecule has 3 nitrogen and oxygen atoms in total. The van der Waals surface area contributed by atoms with Gasteiger partial charge in [0.15, 0.2) is 0 Å². The van der Waals surface area contributed by atoms with Crippen molar-refractivity contribution in [3.05, 3.63) is 41.5 Å². The van der Waals surface area contributed by atoms with Crippen LogP contribution >= 0.6 is 11.8 Å². The molecule has 0 aliphatic carbocycles. The number of aryl methyl sites for hydroxylation is 1. The Bertz CT molecular complexity index is 570. The molecule has 19 heavy (non-hydrogen) atoms. The third kappa shape index (κ3) is 3.44.